The number of halogens is 3. The van der Waals surface area contributed by atoms with Crippen molar-refractivity contribution in [3.05, 3.63) is 46.6 Å². The summed E-state index contributed by atoms with van der Waals surface area (Å²) in [4.78, 5) is 7.08. The molecule has 0 unspecified atom stereocenters. The molecule has 82 valence electrons. The van der Waals surface area contributed by atoms with Crippen molar-refractivity contribution in [2.75, 3.05) is 0 Å². The Morgan fingerprint density at radius 1 is 1.19 bits per heavy atom. The van der Waals surface area contributed by atoms with Crippen molar-refractivity contribution in [2.24, 2.45) is 0 Å². The largest absolute Gasteiger partial charge is 0.435 e. The summed E-state index contributed by atoms with van der Waals surface area (Å²) < 4.78 is 18.4. The predicted octanol–water partition coefficient (Wildman–Crippen LogP) is 3.71. The summed E-state index contributed by atoms with van der Waals surface area (Å²) in [5.41, 5.74) is 0. The molecule has 0 atom stereocenters. The van der Waals surface area contributed by atoms with Gasteiger partial charge in [-0.05, 0) is 23.7 Å². The molecule has 0 radical (unpaired) electrons. The summed E-state index contributed by atoms with van der Waals surface area (Å²) in [5.74, 6) is -0.657. The Hall–Kier alpha value is -1.39. The van der Waals surface area contributed by atoms with Crippen molar-refractivity contribution in [3.8, 4) is 11.6 Å². The minimum absolute atomic E-state index is 0.0940. The van der Waals surface area contributed by atoms with Crippen LogP contribution in [0.2, 0.25) is 10.3 Å². The Balaban J connectivity index is 2.34. The molecule has 0 saturated carbocycles. The predicted molar refractivity (Wildman–Crippen MR) is 58.5 cm³/mol. The Labute approximate surface area is 101 Å². The van der Waals surface area contributed by atoms with Crippen LogP contribution < -0.4 is 4.74 Å². The van der Waals surface area contributed by atoms with Gasteiger partial charge in [-0.3, -0.25) is 0 Å². The van der Waals surface area contributed by atoms with E-state index in [0.717, 1.165) is 6.20 Å². The summed E-state index contributed by atoms with van der Waals surface area (Å²) in [6, 6.07) is 6.66. The quantitative estimate of drug-likeness (QED) is 0.771. The average molecular weight is 259 g/mol. The lowest BCUT2D eigenvalue weighted by molar-refractivity contribution is 0.420. The molecule has 0 aliphatic heterocycles. The zero-order valence-electron chi connectivity index (χ0n) is 7.82. The third kappa shape index (κ3) is 2.40. The van der Waals surface area contributed by atoms with Gasteiger partial charge in [-0.25, -0.2) is 4.98 Å². The van der Waals surface area contributed by atoms with E-state index < -0.39 is 5.82 Å². The SMILES string of the molecule is Fc1cnc(Cl)nc1Oc1ccccc1Cl. The van der Waals surface area contributed by atoms with Crippen LogP contribution in [0.15, 0.2) is 30.5 Å². The maximum atomic E-state index is 13.2. The number of hydrogen-bond acceptors (Lipinski definition) is 3. The fraction of sp³-hybridized carbons (Fsp3) is 0. The molecule has 2 aromatic rings. The first-order valence-electron chi connectivity index (χ1n) is 4.27. The molecule has 3 nitrogen and oxygen atoms in total. The van der Waals surface area contributed by atoms with Crippen LogP contribution in [0.4, 0.5) is 4.39 Å². The third-order valence-corrected chi connectivity index (χ3v) is 2.22. The fourth-order valence-corrected chi connectivity index (χ4v) is 1.33. The van der Waals surface area contributed by atoms with Gasteiger partial charge >= 0.3 is 0 Å². The van der Waals surface area contributed by atoms with Crippen molar-refractivity contribution in [1.82, 2.24) is 9.97 Å². The van der Waals surface area contributed by atoms with E-state index >= 15 is 0 Å². The van der Waals surface area contributed by atoms with Gasteiger partial charge in [0.1, 0.15) is 5.75 Å². The zero-order chi connectivity index (χ0) is 11.5. The lowest BCUT2D eigenvalue weighted by atomic mass is 10.3. The van der Waals surface area contributed by atoms with Gasteiger partial charge in [-0.1, -0.05) is 23.7 Å². The Morgan fingerprint density at radius 3 is 2.69 bits per heavy atom. The molecule has 0 bridgehead atoms. The average Bonchev–Trinajstić information content (AvgIpc) is 2.27. The normalized spacial score (nSPS) is 10.2. The molecule has 0 N–H and O–H groups in total. The van der Waals surface area contributed by atoms with Crippen LogP contribution in [0.25, 0.3) is 0 Å². The summed E-state index contributed by atoms with van der Waals surface area (Å²) in [6.45, 7) is 0. The third-order valence-electron chi connectivity index (χ3n) is 1.73. The van der Waals surface area contributed by atoms with E-state index in [4.69, 9.17) is 27.9 Å². The Kier molecular flexibility index (Phi) is 3.22. The first-order valence-corrected chi connectivity index (χ1v) is 5.03. The maximum Gasteiger partial charge on any atom is 0.260 e. The van der Waals surface area contributed by atoms with Gasteiger partial charge in [0.15, 0.2) is 0 Å². The smallest absolute Gasteiger partial charge is 0.260 e. The number of aromatic nitrogens is 2. The van der Waals surface area contributed by atoms with Crippen molar-refractivity contribution in [1.29, 1.82) is 0 Å². The minimum Gasteiger partial charge on any atom is -0.435 e. The van der Waals surface area contributed by atoms with Gasteiger partial charge in [0.25, 0.3) is 5.88 Å². The first kappa shape index (κ1) is 11.1. The van der Waals surface area contributed by atoms with Gasteiger partial charge in [0, 0.05) is 0 Å². The van der Waals surface area contributed by atoms with Crippen LogP contribution in [-0.4, -0.2) is 9.97 Å². The molecule has 0 aliphatic rings. The summed E-state index contributed by atoms with van der Waals surface area (Å²) in [7, 11) is 0. The molecule has 6 heteroatoms. The number of nitrogens with zero attached hydrogens (tertiary/aromatic N) is 2. The fourth-order valence-electron chi connectivity index (χ4n) is 1.03. The molecule has 0 aliphatic carbocycles. The van der Waals surface area contributed by atoms with E-state index in [9.17, 15) is 4.39 Å². The maximum absolute atomic E-state index is 13.2. The Bertz CT molecular complexity index is 522. The molecule has 0 saturated heterocycles. The molecular weight excluding hydrogens is 254 g/mol. The first-order chi connectivity index (χ1) is 7.66. The van der Waals surface area contributed by atoms with Crippen molar-refractivity contribution in [2.45, 2.75) is 0 Å². The van der Waals surface area contributed by atoms with Crippen LogP contribution >= 0.6 is 23.2 Å². The van der Waals surface area contributed by atoms with Gasteiger partial charge in [-0.2, -0.15) is 9.37 Å². The zero-order valence-corrected chi connectivity index (χ0v) is 9.34. The lowest BCUT2D eigenvalue weighted by Gasteiger charge is -2.06. The number of para-hydroxylation sites is 1. The molecule has 2 rings (SSSR count). The number of hydrogen-bond donors (Lipinski definition) is 0. The van der Waals surface area contributed by atoms with Crippen LogP contribution in [0, 0.1) is 5.82 Å². The number of benzene rings is 1. The summed E-state index contributed by atoms with van der Waals surface area (Å²) in [5, 5.41) is 0.264. The molecule has 0 spiro atoms. The second-order valence-corrected chi connectivity index (χ2v) is 3.57. The second-order valence-electron chi connectivity index (χ2n) is 2.82. The monoisotopic (exact) mass is 258 g/mol. The van der Waals surface area contributed by atoms with E-state index in [1.165, 1.54) is 0 Å². The summed E-state index contributed by atoms with van der Waals surface area (Å²) in [6.07, 6.45) is 0.932. The molecule has 0 amide bonds. The molecular formula is C10H5Cl2FN2O. The summed E-state index contributed by atoms with van der Waals surface area (Å²) >= 11 is 11.4. The molecule has 0 fully saturated rings. The molecule has 1 heterocycles. The lowest BCUT2D eigenvalue weighted by Crippen LogP contribution is -1.94. The topological polar surface area (TPSA) is 35.0 Å². The standard InChI is InChI=1S/C10H5Cl2FN2O/c11-6-3-1-2-4-8(6)16-9-7(13)5-14-10(12)15-9/h1-5H. The molecule has 16 heavy (non-hydrogen) atoms. The van der Waals surface area contributed by atoms with Gasteiger partial charge in [0.05, 0.1) is 11.2 Å². The minimum atomic E-state index is -0.704. The Morgan fingerprint density at radius 2 is 1.94 bits per heavy atom. The van der Waals surface area contributed by atoms with Crippen molar-refractivity contribution >= 4 is 23.2 Å². The van der Waals surface area contributed by atoms with E-state index in [2.05, 4.69) is 9.97 Å². The van der Waals surface area contributed by atoms with Crippen molar-refractivity contribution in [3.63, 3.8) is 0 Å². The second kappa shape index (κ2) is 4.63. The van der Waals surface area contributed by atoms with E-state index in [0.29, 0.717) is 10.8 Å². The number of ether oxygens (including phenoxy) is 1. The van der Waals surface area contributed by atoms with Crippen LogP contribution in [0.3, 0.4) is 0 Å². The van der Waals surface area contributed by atoms with Crippen LogP contribution in [0.1, 0.15) is 0 Å². The van der Waals surface area contributed by atoms with E-state index in [-0.39, 0.29) is 11.2 Å². The van der Waals surface area contributed by atoms with E-state index in [1.807, 2.05) is 0 Å². The van der Waals surface area contributed by atoms with Gasteiger partial charge < -0.3 is 4.74 Å². The highest BCUT2D eigenvalue weighted by Crippen LogP contribution is 2.29. The molecule has 1 aromatic carbocycles. The van der Waals surface area contributed by atoms with Gasteiger partial charge in [0.2, 0.25) is 11.1 Å². The highest BCUT2D eigenvalue weighted by Gasteiger charge is 2.10. The highest BCUT2D eigenvalue weighted by molar-refractivity contribution is 6.32. The van der Waals surface area contributed by atoms with E-state index in [1.54, 1.807) is 24.3 Å². The van der Waals surface area contributed by atoms with Crippen LogP contribution in [0.5, 0.6) is 11.6 Å². The van der Waals surface area contributed by atoms with Crippen molar-refractivity contribution < 1.29 is 9.13 Å². The number of rotatable bonds is 2. The van der Waals surface area contributed by atoms with Crippen LogP contribution in [-0.2, 0) is 0 Å². The highest BCUT2D eigenvalue weighted by atomic mass is 35.5. The molecule has 1 aromatic heterocycles. The van der Waals surface area contributed by atoms with Gasteiger partial charge in [-0.15, -0.1) is 0 Å².